The highest BCUT2D eigenvalue weighted by Crippen LogP contribution is 2.18. The Morgan fingerprint density at radius 2 is 2.05 bits per heavy atom. The van der Waals surface area contributed by atoms with Crippen molar-refractivity contribution in [3.63, 3.8) is 0 Å². The molecule has 2 aromatic rings. The minimum Gasteiger partial charge on any atom is -0.494 e. The van der Waals surface area contributed by atoms with Crippen molar-refractivity contribution < 1.29 is 23.5 Å². The second kappa shape index (κ2) is 6.21. The first kappa shape index (κ1) is 14.8. The van der Waals surface area contributed by atoms with E-state index in [-0.39, 0.29) is 11.3 Å². The average Bonchev–Trinajstić information content (AvgIpc) is 2.90. The molecular weight excluding hydrogens is 277 g/mol. The van der Waals surface area contributed by atoms with E-state index in [0.717, 1.165) is 6.07 Å². The Morgan fingerprint density at radius 1 is 1.29 bits per heavy atom. The number of Topliss-reactive ketones (excluding diaryl/α,β-unsaturated/α-hetero) is 1. The number of rotatable bonds is 5. The largest absolute Gasteiger partial charge is 0.494 e. The summed E-state index contributed by atoms with van der Waals surface area (Å²) < 4.78 is 24.8. The van der Waals surface area contributed by atoms with Crippen LogP contribution in [-0.2, 0) is 11.8 Å². The van der Waals surface area contributed by atoms with Crippen LogP contribution in [0.4, 0.5) is 4.39 Å². The lowest BCUT2D eigenvalue weighted by molar-refractivity contribution is 0.0465. The molecule has 0 atom stereocenters. The normalized spacial score (nSPS) is 10.2. The fourth-order valence-electron chi connectivity index (χ4n) is 1.80. The SMILES string of the molecule is COc1ccc(C(=O)COC(=O)c2cccn2C)cc1F. The monoisotopic (exact) mass is 291 g/mol. The third-order valence-electron chi connectivity index (χ3n) is 2.96. The molecule has 1 aromatic heterocycles. The second-order valence-electron chi connectivity index (χ2n) is 4.35. The molecule has 0 aliphatic rings. The van der Waals surface area contributed by atoms with Gasteiger partial charge in [0.25, 0.3) is 0 Å². The molecule has 2 rings (SSSR count). The number of hydrogen-bond donors (Lipinski definition) is 0. The zero-order chi connectivity index (χ0) is 15.4. The van der Waals surface area contributed by atoms with Crippen molar-refractivity contribution in [2.45, 2.75) is 0 Å². The van der Waals surface area contributed by atoms with Gasteiger partial charge in [0.05, 0.1) is 7.11 Å². The predicted octanol–water partition coefficient (Wildman–Crippen LogP) is 2.21. The van der Waals surface area contributed by atoms with E-state index >= 15 is 0 Å². The van der Waals surface area contributed by atoms with Crippen molar-refractivity contribution in [3.8, 4) is 5.75 Å². The number of methoxy groups -OCH3 is 1. The molecule has 0 aliphatic heterocycles. The van der Waals surface area contributed by atoms with E-state index < -0.39 is 24.2 Å². The quantitative estimate of drug-likeness (QED) is 0.626. The third-order valence-corrected chi connectivity index (χ3v) is 2.96. The lowest BCUT2D eigenvalue weighted by Gasteiger charge is -2.06. The summed E-state index contributed by atoms with van der Waals surface area (Å²) in [7, 11) is 3.03. The summed E-state index contributed by atoms with van der Waals surface area (Å²) >= 11 is 0. The summed E-state index contributed by atoms with van der Waals surface area (Å²) in [6.07, 6.45) is 1.69. The molecule has 1 heterocycles. The fraction of sp³-hybridized carbons (Fsp3) is 0.200. The molecule has 0 amide bonds. The minimum absolute atomic E-state index is 0.0485. The van der Waals surface area contributed by atoms with Crippen molar-refractivity contribution >= 4 is 11.8 Å². The lowest BCUT2D eigenvalue weighted by Crippen LogP contribution is -2.16. The molecule has 0 unspecified atom stereocenters. The zero-order valence-corrected chi connectivity index (χ0v) is 11.6. The number of carbonyl (C=O) groups is 2. The van der Waals surface area contributed by atoms with Crippen molar-refractivity contribution in [1.29, 1.82) is 0 Å². The molecule has 0 saturated carbocycles. The lowest BCUT2D eigenvalue weighted by atomic mass is 10.1. The molecule has 0 fully saturated rings. The van der Waals surface area contributed by atoms with E-state index in [1.54, 1.807) is 29.9 Å². The Morgan fingerprint density at radius 3 is 2.62 bits per heavy atom. The first-order valence-electron chi connectivity index (χ1n) is 6.18. The number of hydrogen-bond acceptors (Lipinski definition) is 4. The van der Waals surface area contributed by atoms with Crippen LogP contribution >= 0.6 is 0 Å². The van der Waals surface area contributed by atoms with Gasteiger partial charge < -0.3 is 14.0 Å². The van der Waals surface area contributed by atoms with Gasteiger partial charge in [0.2, 0.25) is 0 Å². The van der Waals surface area contributed by atoms with E-state index in [2.05, 4.69) is 0 Å². The molecule has 0 radical (unpaired) electrons. The number of aryl methyl sites for hydroxylation is 1. The highest BCUT2D eigenvalue weighted by molar-refractivity contribution is 5.99. The van der Waals surface area contributed by atoms with Gasteiger partial charge >= 0.3 is 5.97 Å². The summed E-state index contributed by atoms with van der Waals surface area (Å²) in [5.41, 5.74) is 0.455. The first-order valence-corrected chi connectivity index (χ1v) is 6.18. The topological polar surface area (TPSA) is 57.5 Å². The average molecular weight is 291 g/mol. The number of aromatic nitrogens is 1. The molecule has 5 nitrogen and oxygen atoms in total. The Labute approximate surface area is 120 Å². The number of carbonyl (C=O) groups excluding carboxylic acids is 2. The summed E-state index contributed by atoms with van der Waals surface area (Å²) in [4.78, 5) is 23.6. The molecule has 1 aromatic carbocycles. The van der Waals surface area contributed by atoms with Gasteiger partial charge in [-0.05, 0) is 30.3 Å². The van der Waals surface area contributed by atoms with Crippen LogP contribution in [0.5, 0.6) is 5.75 Å². The van der Waals surface area contributed by atoms with Crippen LogP contribution < -0.4 is 4.74 Å². The van der Waals surface area contributed by atoms with Crippen molar-refractivity contribution in [1.82, 2.24) is 4.57 Å². The van der Waals surface area contributed by atoms with Gasteiger partial charge in [-0.25, -0.2) is 9.18 Å². The molecule has 0 N–H and O–H groups in total. The van der Waals surface area contributed by atoms with E-state index in [0.29, 0.717) is 5.69 Å². The Balaban J connectivity index is 2.00. The minimum atomic E-state index is -0.642. The predicted molar refractivity (Wildman–Crippen MR) is 73.0 cm³/mol. The van der Waals surface area contributed by atoms with E-state index in [4.69, 9.17) is 9.47 Å². The second-order valence-corrected chi connectivity index (χ2v) is 4.35. The fourth-order valence-corrected chi connectivity index (χ4v) is 1.80. The molecule has 0 spiro atoms. The van der Waals surface area contributed by atoms with Crippen LogP contribution in [0.3, 0.4) is 0 Å². The maximum absolute atomic E-state index is 13.5. The van der Waals surface area contributed by atoms with Gasteiger partial charge in [-0.3, -0.25) is 4.79 Å². The van der Waals surface area contributed by atoms with Crippen LogP contribution in [0.1, 0.15) is 20.8 Å². The highest BCUT2D eigenvalue weighted by Gasteiger charge is 2.15. The molecule has 6 heteroatoms. The van der Waals surface area contributed by atoms with Gasteiger partial charge in [0.1, 0.15) is 5.69 Å². The van der Waals surface area contributed by atoms with E-state index in [1.807, 2.05) is 0 Å². The third kappa shape index (κ3) is 3.28. The maximum atomic E-state index is 13.5. The summed E-state index contributed by atoms with van der Waals surface area (Å²) in [5, 5.41) is 0. The van der Waals surface area contributed by atoms with Gasteiger partial charge in [0, 0.05) is 18.8 Å². The molecule has 0 saturated heterocycles. The Bertz CT molecular complexity index is 678. The van der Waals surface area contributed by atoms with Crippen LogP contribution in [0.15, 0.2) is 36.5 Å². The molecule has 110 valence electrons. The van der Waals surface area contributed by atoms with E-state index in [9.17, 15) is 14.0 Å². The highest BCUT2D eigenvalue weighted by atomic mass is 19.1. The first-order chi connectivity index (χ1) is 10.0. The van der Waals surface area contributed by atoms with Crippen LogP contribution in [-0.4, -0.2) is 30.0 Å². The number of halogens is 1. The number of benzene rings is 1. The number of esters is 1. The number of nitrogens with zero attached hydrogens (tertiary/aromatic N) is 1. The van der Waals surface area contributed by atoms with Crippen LogP contribution in [0, 0.1) is 5.82 Å². The van der Waals surface area contributed by atoms with Gasteiger partial charge in [-0.1, -0.05) is 0 Å². The van der Waals surface area contributed by atoms with Crippen LogP contribution in [0.2, 0.25) is 0 Å². The molecular formula is C15H14FNO4. The summed E-state index contributed by atoms with van der Waals surface area (Å²) in [6, 6.07) is 7.09. The zero-order valence-electron chi connectivity index (χ0n) is 11.6. The van der Waals surface area contributed by atoms with Crippen molar-refractivity contribution in [3.05, 3.63) is 53.6 Å². The Kier molecular flexibility index (Phi) is 4.37. The smallest absolute Gasteiger partial charge is 0.355 e. The van der Waals surface area contributed by atoms with E-state index in [1.165, 1.54) is 19.2 Å². The Hall–Kier alpha value is -2.63. The summed E-state index contributed by atoms with van der Waals surface area (Å²) in [6.45, 7) is -0.449. The number of ether oxygens (including phenoxy) is 2. The number of ketones is 1. The standard InChI is InChI=1S/C15H14FNO4/c1-17-7-3-4-12(17)15(19)21-9-13(18)10-5-6-14(20-2)11(16)8-10/h3-8H,9H2,1-2H3. The van der Waals surface area contributed by atoms with Gasteiger partial charge in [-0.15, -0.1) is 0 Å². The van der Waals surface area contributed by atoms with Crippen molar-refractivity contribution in [2.75, 3.05) is 13.7 Å². The maximum Gasteiger partial charge on any atom is 0.355 e. The van der Waals surface area contributed by atoms with Gasteiger partial charge in [-0.2, -0.15) is 0 Å². The van der Waals surface area contributed by atoms with Crippen molar-refractivity contribution in [2.24, 2.45) is 7.05 Å². The molecule has 21 heavy (non-hydrogen) atoms. The molecule has 0 aliphatic carbocycles. The molecule has 0 bridgehead atoms. The van der Waals surface area contributed by atoms with Crippen LogP contribution in [0.25, 0.3) is 0 Å². The summed E-state index contributed by atoms with van der Waals surface area (Å²) in [5.74, 6) is -1.69. The van der Waals surface area contributed by atoms with Gasteiger partial charge in [0.15, 0.2) is 24.0 Å².